The van der Waals surface area contributed by atoms with Gasteiger partial charge in [0.25, 0.3) is 5.82 Å². The number of nitrogens with zero attached hydrogens (tertiary/aromatic N) is 1. The summed E-state index contributed by atoms with van der Waals surface area (Å²) in [5.41, 5.74) is 2.10. The van der Waals surface area contributed by atoms with E-state index in [1.807, 2.05) is 54.6 Å². The molecule has 2 N–H and O–H groups in total. The summed E-state index contributed by atoms with van der Waals surface area (Å²) in [5.74, 6) is 1.66. The number of H-pyrrole nitrogens is 1. The second kappa shape index (κ2) is 5.97. The van der Waals surface area contributed by atoms with Crippen molar-refractivity contribution < 1.29 is 14.4 Å². The second-order valence-corrected chi connectivity index (χ2v) is 5.02. The summed E-state index contributed by atoms with van der Waals surface area (Å²) in [7, 11) is 0. The van der Waals surface area contributed by atoms with Gasteiger partial charge in [-0.3, -0.25) is 0 Å². The smallest absolute Gasteiger partial charge is 0.284 e. The van der Waals surface area contributed by atoms with Gasteiger partial charge in [0.1, 0.15) is 18.9 Å². The van der Waals surface area contributed by atoms with Gasteiger partial charge in [0, 0.05) is 0 Å². The number of hydrogen-bond donors (Lipinski definition) is 2. The zero-order valence-corrected chi connectivity index (χ0v) is 12.0. The maximum atomic E-state index is 9.93. The molecule has 0 amide bonds. The summed E-state index contributed by atoms with van der Waals surface area (Å²) >= 11 is 0. The zero-order chi connectivity index (χ0) is 14.7. The average molecular weight is 283 g/mol. The van der Waals surface area contributed by atoms with Crippen LogP contribution in [0.25, 0.3) is 11.0 Å². The third kappa shape index (κ3) is 2.90. The molecule has 1 aromatic heterocycles. The van der Waals surface area contributed by atoms with Crippen LogP contribution in [0.1, 0.15) is 18.9 Å². The summed E-state index contributed by atoms with van der Waals surface area (Å²) in [4.78, 5) is 3.27. The molecule has 0 radical (unpaired) electrons. The summed E-state index contributed by atoms with van der Waals surface area (Å²) in [5, 5.41) is 9.93. The molecular formula is C17H19N2O2+. The van der Waals surface area contributed by atoms with Crippen molar-refractivity contribution in [2.75, 3.05) is 6.61 Å². The van der Waals surface area contributed by atoms with Crippen LogP contribution < -0.4 is 9.30 Å². The molecule has 0 spiro atoms. The van der Waals surface area contributed by atoms with Gasteiger partial charge in [0.05, 0.1) is 0 Å². The Bertz CT molecular complexity index is 720. The Labute approximate surface area is 123 Å². The average Bonchev–Trinajstić information content (AvgIpc) is 2.88. The maximum Gasteiger partial charge on any atom is 0.284 e. The Morgan fingerprint density at radius 3 is 2.57 bits per heavy atom. The number of fused-ring (bicyclic) bond motifs is 1. The Morgan fingerprint density at radius 2 is 1.81 bits per heavy atom. The van der Waals surface area contributed by atoms with E-state index in [1.54, 1.807) is 6.92 Å². The molecule has 108 valence electrons. The molecule has 0 fully saturated rings. The van der Waals surface area contributed by atoms with E-state index in [4.69, 9.17) is 4.74 Å². The number of benzene rings is 2. The molecule has 1 heterocycles. The lowest BCUT2D eigenvalue weighted by molar-refractivity contribution is -0.683. The molecule has 1 unspecified atom stereocenters. The number of hydrogen-bond acceptors (Lipinski definition) is 2. The highest BCUT2D eigenvalue weighted by atomic mass is 16.5. The third-order valence-electron chi connectivity index (χ3n) is 3.47. The van der Waals surface area contributed by atoms with Gasteiger partial charge in [-0.15, -0.1) is 0 Å². The molecule has 21 heavy (non-hydrogen) atoms. The molecule has 1 atom stereocenters. The highest BCUT2D eigenvalue weighted by molar-refractivity contribution is 5.71. The molecule has 0 bridgehead atoms. The van der Waals surface area contributed by atoms with E-state index >= 15 is 0 Å². The fourth-order valence-electron chi connectivity index (χ4n) is 2.49. The third-order valence-corrected chi connectivity index (χ3v) is 3.47. The van der Waals surface area contributed by atoms with Gasteiger partial charge in [0.15, 0.2) is 17.1 Å². The molecular weight excluding hydrogens is 264 g/mol. The van der Waals surface area contributed by atoms with Crippen molar-refractivity contribution in [2.45, 2.75) is 19.6 Å². The number of ether oxygens (including phenoxy) is 1. The van der Waals surface area contributed by atoms with Gasteiger partial charge in [-0.05, 0) is 31.2 Å². The van der Waals surface area contributed by atoms with Gasteiger partial charge in [-0.2, -0.15) is 0 Å². The van der Waals surface area contributed by atoms with Crippen LogP contribution >= 0.6 is 0 Å². The van der Waals surface area contributed by atoms with E-state index in [9.17, 15) is 5.11 Å². The lowest BCUT2D eigenvalue weighted by Crippen LogP contribution is -2.40. The number of aromatic nitrogens is 2. The Balaban J connectivity index is 1.81. The SMILES string of the molecule is CC(O)c1[nH]c2ccccc2[n+]1CCOc1ccccc1. The molecule has 3 rings (SSSR count). The van der Waals surface area contributed by atoms with Crippen molar-refractivity contribution in [1.82, 2.24) is 4.98 Å². The van der Waals surface area contributed by atoms with Crippen LogP contribution in [-0.2, 0) is 6.54 Å². The van der Waals surface area contributed by atoms with E-state index in [0.717, 1.165) is 22.6 Å². The molecule has 2 aromatic carbocycles. The second-order valence-electron chi connectivity index (χ2n) is 5.02. The monoisotopic (exact) mass is 283 g/mol. The Hall–Kier alpha value is -2.33. The van der Waals surface area contributed by atoms with Crippen molar-refractivity contribution in [3.63, 3.8) is 0 Å². The molecule has 3 aromatic rings. The van der Waals surface area contributed by atoms with Crippen LogP contribution in [-0.4, -0.2) is 16.7 Å². The predicted molar refractivity (Wildman–Crippen MR) is 81.1 cm³/mol. The largest absolute Gasteiger partial charge is 0.489 e. The minimum atomic E-state index is -0.547. The molecule has 0 saturated carbocycles. The first-order valence-electron chi connectivity index (χ1n) is 7.12. The Kier molecular flexibility index (Phi) is 3.88. The fraction of sp³-hybridized carbons (Fsp3) is 0.235. The molecule has 0 aliphatic rings. The first-order valence-corrected chi connectivity index (χ1v) is 7.12. The number of aliphatic hydroxyl groups is 1. The summed E-state index contributed by atoms with van der Waals surface area (Å²) in [6, 6.07) is 17.8. The van der Waals surface area contributed by atoms with E-state index in [0.29, 0.717) is 13.2 Å². The van der Waals surface area contributed by atoms with Crippen LogP contribution in [0, 0.1) is 0 Å². The summed E-state index contributed by atoms with van der Waals surface area (Å²) in [6.07, 6.45) is -0.547. The van der Waals surface area contributed by atoms with Gasteiger partial charge in [-0.25, -0.2) is 9.55 Å². The number of aliphatic hydroxyl groups excluding tert-OH is 1. The van der Waals surface area contributed by atoms with Crippen molar-refractivity contribution in [2.24, 2.45) is 0 Å². The van der Waals surface area contributed by atoms with Crippen LogP contribution in [0.5, 0.6) is 5.75 Å². The van der Waals surface area contributed by atoms with Crippen molar-refractivity contribution in [1.29, 1.82) is 0 Å². The number of imidazole rings is 1. The van der Waals surface area contributed by atoms with Gasteiger partial charge < -0.3 is 9.84 Å². The number of aromatic amines is 1. The number of rotatable bonds is 5. The van der Waals surface area contributed by atoms with Crippen molar-refractivity contribution >= 4 is 11.0 Å². The molecule has 4 heteroatoms. The van der Waals surface area contributed by atoms with Crippen LogP contribution in [0.3, 0.4) is 0 Å². The van der Waals surface area contributed by atoms with Crippen molar-refractivity contribution in [3.8, 4) is 5.75 Å². The van der Waals surface area contributed by atoms with E-state index in [-0.39, 0.29) is 0 Å². The predicted octanol–water partition coefficient (Wildman–Crippen LogP) is 2.59. The molecule has 4 nitrogen and oxygen atoms in total. The zero-order valence-electron chi connectivity index (χ0n) is 12.0. The summed E-state index contributed by atoms with van der Waals surface area (Å²) in [6.45, 7) is 2.99. The fourth-order valence-corrected chi connectivity index (χ4v) is 2.49. The van der Waals surface area contributed by atoms with E-state index < -0.39 is 6.10 Å². The molecule has 0 aliphatic carbocycles. The topological polar surface area (TPSA) is 49.1 Å². The van der Waals surface area contributed by atoms with Gasteiger partial charge in [-0.1, -0.05) is 30.3 Å². The van der Waals surface area contributed by atoms with Crippen LogP contribution in [0.4, 0.5) is 0 Å². The lowest BCUT2D eigenvalue weighted by Gasteiger charge is -2.06. The standard InChI is InChI=1S/C17H18N2O2/c1-13(20)17-18-15-9-5-6-10-16(15)19(17)11-12-21-14-7-3-2-4-8-14/h2-10,13,20H,11-12H2,1H3/p+1. The number of para-hydroxylation sites is 3. The number of nitrogens with one attached hydrogen (secondary N) is 1. The summed E-state index contributed by atoms with van der Waals surface area (Å²) < 4.78 is 7.82. The van der Waals surface area contributed by atoms with Crippen LogP contribution in [0.2, 0.25) is 0 Å². The first kappa shape index (κ1) is 13.6. The highest BCUT2D eigenvalue weighted by Crippen LogP contribution is 2.14. The minimum Gasteiger partial charge on any atom is -0.489 e. The quantitative estimate of drug-likeness (QED) is 0.707. The van der Waals surface area contributed by atoms with Crippen molar-refractivity contribution in [3.05, 3.63) is 60.4 Å². The van der Waals surface area contributed by atoms with Gasteiger partial charge in [0.2, 0.25) is 0 Å². The van der Waals surface area contributed by atoms with E-state index in [1.165, 1.54) is 0 Å². The maximum absolute atomic E-state index is 9.93. The first-order chi connectivity index (χ1) is 10.3. The van der Waals surface area contributed by atoms with E-state index in [2.05, 4.69) is 9.55 Å². The molecule has 0 aliphatic heterocycles. The normalized spacial score (nSPS) is 12.5. The van der Waals surface area contributed by atoms with Crippen LogP contribution in [0.15, 0.2) is 54.6 Å². The Morgan fingerprint density at radius 1 is 1.10 bits per heavy atom. The molecule has 0 saturated heterocycles. The highest BCUT2D eigenvalue weighted by Gasteiger charge is 2.21. The van der Waals surface area contributed by atoms with Gasteiger partial charge >= 0.3 is 0 Å². The lowest BCUT2D eigenvalue weighted by atomic mass is 10.3. The minimum absolute atomic E-state index is 0.547.